The second kappa shape index (κ2) is 3.01. The van der Waals surface area contributed by atoms with Crippen LogP contribution in [0.25, 0.3) is 0 Å². The maximum absolute atomic E-state index is 10.7. The first-order chi connectivity index (χ1) is 6.59. The van der Waals surface area contributed by atoms with E-state index >= 15 is 0 Å². The van der Waals surface area contributed by atoms with Crippen molar-refractivity contribution in [2.24, 2.45) is 0 Å². The van der Waals surface area contributed by atoms with Crippen molar-refractivity contribution in [2.45, 2.75) is 26.4 Å². The fraction of sp³-hybridized carbons (Fsp3) is 0.364. The topological polar surface area (TPSA) is 46.5 Å². The minimum atomic E-state index is -0.891. The van der Waals surface area contributed by atoms with E-state index in [0.29, 0.717) is 6.42 Å². The Morgan fingerprint density at radius 1 is 1.50 bits per heavy atom. The average Bonchev–Trinajstić information content (AvgIpc) is 2.56. The maximum atomic E-state index is 10.7. The number of carbonyl (C=O) groups is 1. The van der Waals surface area contributed by atoms with E-state index in [0.717, 1.165) is 22.4 Å². The lowest BCUT2D eigenvalue weighted by atomic mass is 10.0. The van der Waals surface area contributed by atoms with Gasteiger partial charge in [-0.05, 0) is 30.5 Å². The van der Waals surface area contributed by atoms with Gasteiger partial charge >= 0.3 is 5.97 Å². The zero-order valence-corrected chi connectivity index (χ0v) is 8.20. The molecule has 3 nitrogen and oxygen atoms in total. The molecule has 1 aliphatic heterocycles. The normalized spacial score (nSPS) is 18.9. The Kier molecular flexibility index (Phi) is 1.95. The molecule has 0 spiro atoms. The van der Waals surface area contributed by atoms with Gasteiger partial charge in [0.1, 0.15) is 5.75 Å². The molecule has 1 aromatic carbocycles. The molecular formula is C11H12O3. The molecule has 0 saturated heterocycles. The highest BCUT2D eigenvalue weighted by molar-refractivity contribution is 5.75. The highest BCUT2D eigenvalue weighted by Gasteiger charge is 2.29. The maximum Gasteiger partial charge on any atom is 0.345 e. The lowest BCUT2D eigenvalue weighted by Gasteiger charge is -2.07. The summed E-state index contributed by atoms with van der Waals surface area (Å²) in [6.07, 6.45) is -0.225. The first-order valence-electron chi connectivity index (χ1n) is 4.58. The largest absolute Gasteiger partial charge is 0.478 e. The molecule has 1 N–H and O–H groups in total. The van der Waals surface area contributed by atoms with Crippen molar-refractivity contribution in [3.8, 4) is 5.75 Å². The quantitative estimate of drug-likeness (QED) is 0.736. The number of carboxylic acid groups (broad SMARTS) is 1. The van der Waals surface area contributed by atoms with Gasteiger partial charge in [0.2, 0.25) is 0 Å². The van der Waals surface area contributed by atoms with Gasteiger partial charge in [0.15, 0.2) is 6.10 Å². The van der Waals surface area contributed by atoms with Gasteiger partial charge in [-0.15, -0.1) is 0 Å². The zero-order chi connectivity index (χ0) is 10.3. The molecule has 3 heteroatoms. The van der Waals surface area contributed by atoms with Gasteiger partial charge in [-0.2, -0.15) is 0 Å². The number of rotatable bonds is 1. The molecule has 0 unspecified atom stereocenters. The molecule has 1 heterocycles. The molecule has 1 atom stereocenters. The number of benzene rings is 1. The summed E-state index contributed by atoms with van der Waals surface area (Å²) in [6, 6.07) is 3.95. The van der Waals surface area contributed by atoms with Crippen molar-refractivity contribution in [1.82, 2.24) is 0 Å². The molecule has 0 aliphatic carbocycles. The summed E-state index contributed by atoms with van der Waals surface area (Å²) in [6.45, 7) is 3.95. The summed E-state index contributed by atoms with van der Waals surface area (Å²) in [5, 5.41) is 8.82. The van der Waals surface area contributed by atoms with Crippen LogP contribution in [0.15, 0.2) is 12.1 Å². The van der Waals surface area contributed by atoms with Crippen molar-refractivity contribution in [3.63, 3.8) is 0 Å². The van der Waals surface area contributed by atoms with Gasteiger partial charge in [0, 0.05) is 6.42 Å². The second-order valence-corrected chi connectivity index (χ2v) is 3.64. The minimum absolute atomic E-state index is 0.478. The summed E-state index contributed by atoms with van der Waals surface area (Å²) in [7, 11) is 0. The predicted octanol–water partition coefficient (Wildman–Crippen LogP) is 1.69. The van der Waals surface area contributed by atoms with Crippen LogP contribution >= 0.6 is 0 Å². The SMILES string of the molecule is Cc1ccc2c(c1C)O[C@H](C(=O)O)C2. The number of carboxylic acids is 1. The fourth-order valence-electron chi connectivity index (χ4n) is 1.69. The van der Waals surface area contributed by atoms with E-state index in [1.165, 1.54) is 0 Å². The molecule has 0 bridgehead atoms. The second-order valence-electron chi connectivity index (χ2n) is 3.64. The van der Waals surface area contributed by atoms with Crippen molar-refractivity contribution >= 4 is 5.97 Å². The third kappa shape index (κ3) is 1.25. The number of aliphatic carboxylic acids is 1. The molecule has 74 valence electrons. The standard InChI is InChI=1S/C11H12O3/c1-6-3-4-8-5-9(11(12)13)14-10(8)7(6)2/h3-4,9H,5H2,1-2H3,(H,12,13)/t9-/m0/s1. The van der Waals surface area contributed by atoms with Crippen molar-refractivity contribution in [2.75, 3.05) is 0 Å². The van der Waals surface area contributed by atoms with Crippen LogP contribution in [0.1, 0.15) is 16.7 Å². The van der Waals surface area contributed by atoms with Gasteiger partial charge in [-0.1, -0.05) is 12.1 Å². The average molecular weight is 192 g/mol. The number of aryl methyl sites for hydroxylation is 1. The van der Waals surface area contributed by atoms with Crippen LogP contribution in [-0.2, 0) is 11.2 Å². The van der Waals surface area contributed by atoms with Crippen LogP contribution < -0.4 is 4.74 Å². The molecule has 0 amide bonds. The van der Waals surface area contributed by atoms with Crippen LogP contribution in [0.4, 0.5) is 0 Å². The van der Waals surface area contributed by atoms with Gasteiger partial charge in [0.25, 0.3) is 0 Å². The first kappa shape index (κ1) is 9.06. The Hall–Kier alpha value is -1.51. The Balaban J connectivity index is 2.40. The summed E-state index contributed by atoms with van der Waals surface area (Å²) < 4.78 is 5.38. The highest BCUT2D eigenvalue weighted by Crippen LogP contribution is 2.33. The zero-order valence-electron chi connectivity index (χ0n) is 8.20. The summed E-state index contributed by atoms with van der Waals surface area (Å²) in [5.74, 6) is -0.129. The fourth-order valence-corrected chi connectivity index (χ4v) is 1.69. The monoisotopic (exact) mass is 192 g/mol. The van der Waals surface area contributed by atoms with Gasteiger partial charge < -0.3 is 9.84 Å². The molecule has 14 heavy (non-hydrogen) atoms. The van der Waals surface area contributed by atoms with E-state index in [4.69, 9.17) is 9.84 Å². The Bertz CT molecular complexity index is 396. The van der Waals surface area contributed by atoms with E-state index in [1.807, 2.05) is 26.0 Å². The molecule has 0 fully saturated rings. The molecular weight excluding hydrogens is 180 g/mol. The third-order valence-corrected chi connectivity index (χ3v) is 2.70. The number of fused-ring (bicyclic) bond motifs is 1. The molecule has 1 aromatic rings. The molecule has 2 rings (SSSR count). The molecule has 0 saturated carbocycles. The predicted molar refractivity (Wildman–Crippen MR) is 51.7 cm³/mol. The lowest BCUT2D eigenvalue weighted by molar-refractivity contribution is -0.144. The van der Waals surface area contributed by atoms with Gasteiger partial charge in [-0.3, -0.25) is 0 Å². The third-order valence-electron chi connectivity index (χ3n) is 2.70. The summed E-state index contributed by atoms with van der Waals surface area (Å²) >= 11 is 0. The lowest BCUT2D eigenvalue weighted by Crippen LogP contribution is -2.24. The Morgan fingerprint density at radius 3 is 2.86 bits per heavy atom. The van der Waals surface area contributed by atoms with Crippen LogP contribution in [0.5, 0.6) is 5.75 Å². The van der Waals surface area contributed by atoms with Gasteiger partial charge in [-0.25, -0.2) is 4.79 Å². The van der Waals surface area contributed by atoms with Gasteiger partial charge in [0.05, 0.1) is 0 Å². The first-order valence-corrected chi connectivity index (χ1v) is 4.58. The molecule has 1 aliphatic rings. The number of hydrogen-bond donors (Lipinski definition) is 1. The molecule has 0 radical (unpaired) electrons. The van der Waals surface area contributed by atoms with Crippen LogP contribution in [0, 0.1) is 13.8 Å². The highest BCUT2D eigenvalue weighted by atomic mass is 16.5. The van der Waals surface area contributed by atoms with E-state index in [9.17, 15) is 4.79 Å². The van der Waals surface area contributed by atoms with Crippen molar-refractivity contribution < 1.29 is 14.6 Å². The van der Waals surface area contributed by atoms with Crippen molar-refractivity contribution in [1.29, 1.82) is 0 Å². The molecule has 0 aromatic heterocycles. The van der Waals surface area contributed by atoms with E-state index in [-0.39, 0.29) is 0 Å². The van der Waals surface area contributed by atoms with Crippen molar-refractivity contribution in [3.05, 3.63) is 28.8 Å². The van der Waals surface area contributed by atoms with E-state index in [1.54, 1.807) is 0 Å². The number of ether oxygens (including phenoxy) is 1. The smallest absolute Gasteiger partial charge is 0.345 e. The van der Waals surface area contributed by atoms with Crippen LogP contribution in [-0.4, -0.2) is 17.2 Å². The Labute approximate surface area is 82.3 Å². The summed E-state index contributed by atoms with van der Waals surface area (Å²) in [5.41, 5.74) is 3.18. The van der Waals surface area contributed by atoms with E-state index < -0.39 is 12.1 Å². The summed E-state index contributed by atoms with van der Waals surface area (Å²) in [4.78, 5) is 10.7. The van der Waals surface area contributed by atoms with Crippen LogP contribution in [0.3, 0.4) is 0 Å². The van der Waals surface area contributed by atoms with E-state index in [2.05, 4.69) is 0 Å². The number of hydrogen-bond acceptors (Lipinski definition) is 2. The minimum Gasteiger partial charge on any atom is -0.478 e. The van der Waals surface area contributed by atoms with Crippen LogP contribution in [0.2, 0.25) is 0 Å². The Morgan fingerprint density at radius 2 is 2.21 bits per heavy atom.